The molecule has 98 valence electrons. The molecule has 1 atom stereocenters. The van der Waals surface area contributed by atoms with Gasteiger partial charge in [-0.2, -0.15) is 0 Å². The van der Waals surface area contributed by atoms with E-state index < -0.39 is 5.54 Å². The van der Waals surface area contributed by atoms with Gasteiger partial charge in [0.05, 0.1) is 20.3 Å². The van der Waals surface area contributed by atoms with Gasteiger partial charge in [-0.1, -0.05) is 31.2 Å². The van der Waals surface area contributed by atoms with Gasteiger partial charge in [0.15, 0.2) is 5.54 Å². The van der Waals surface area contributed by atoms with Crippen molar-refractivity contribution in [1.29, 1.82) is 0 Å². The number of rotatable bonds is 4. The van der Waals surface area contributed by atoms with Crippen LogP contribution in [0.25, 0.3) is 0 Å². The highest BCUT2D eigenvalue weighted by molar-refractivity contribution is 5.83. The van der Waals surface area contributed by atoms with Crippen LogP contribution < -0.4 is 5.32 Å². The van der Waals surface area contributed by atoms with Crippen LogP contribution in [0.2, 0.25) is 0 Å². The lowest BCUT2D eigenvalue weighted by atomic mass is 9.85. The van der Waals surface area contributed by atoms with Crippen LogP contribution >= 0.6 is 0 Å². The van der Waals surface area contributed by atoms with Gasteiger partial charge < -0.3 is 9.47 Å². The maximum atomic E-state index is 12.2. The first-order chi connectivity index (χ1) is 8.74. The standard InChI is InChI=1S/C14H19NO3/c1-3-8-15-14(13(16)17-2)10-18-9-11-6-4-5-7-12(11)14/h4-7,15H,3,8-10H2,1-2H3. The Kier molecular flexibility index (Phi) is 3.99. The lowest BCUT2D eigenvalue weighted by Gasteiger charge is -2.37. The highest BCUT2D eigenvalue weighted by Crippen LogP contribution is 2.31. The Balaban J connectivity index is 2.44. The summed E-state index contributed by atoms with van der Waals surface area (Å²) in [6, 6.07) is 7.85. The summed E-state index contributed by atoms with van der Waals surface area (Å²) in [7, 11) is 1.41. The van der Waals surface area contributed by atoms with E-state index in [2.05, 4.69) is 12.2 Å². The third-order valence-corrected chi connectivity index (χ3v) is 3.26. The van der Waals surface area contributed by atoms with Gasteiger partial charge in [0, 0.05) is 0 Å². The van der Waals surface area contributed by atoms with Crippen LogP contribution in [0.5, 0.6) is 0 Å². The summed E-state index contributed by atoms with van der Waals surface area (Å²) in [5, 5.41) is 3.29. The van der Waals surface area contributed by atoms with Crippen molar-refractivity contribution in [3.63, 3.8) is 0 Å². The van der Waals surface area contributed by atoms with Crippen molar-refractivity contribution in [2.45, 2.75) is 25.5 Å². The minimum atomic E-state index is -0.862. The van der Waals surface area contributed by atoms with E-state index >= 15 is 0 Å². The molecule has 0 amide bonds. The highest BCUT2D eigenvalue weighted by atomic mass is 16.5. The quantitative estimate of drug-likeness (QED) is 0.823. The Morgan fingerprint density at radius 3 is 3.00 bits per heavy atom. The van der Waals surface area contributed by atoms with Crippen LogP contribution in [0.1, 0.15) is 24.5 Å². The van der Waals surface area contributed by atoms with E-state index in [1.165, 1.54) is 7.11 Å². The number of carbonyl (C=O) groups excluding carboxylic acids is 1. The van der Waals surface area contributed by atoms with E-state index in [1.54, 1.807) is 0 Å². The van der Waals surface area contributed by atoms with Crippen molar-refractivity contribution in [1.82, 2.24) is 5.32 Å². The molecule has 1 aliphatic rings. The molecule has 0 saturated carbocycles. The Labute approximate surface area is 107 Å². The fourth-order valence-corrected chi connectivity index (χ4v) is 2.35. The summed E-state index contributed by atoms with van der Waals surface area (Å²) >= 11 is 0. The number of benzene rings is 1. The average molecular weight is 249 g/mol. The second-order valence-electron chi connectivity index (χ2n) is 4.47. The Morgan fingerprint density at radius 1 is 1.50 bits per heavy atom. The van der Waals surface area contributed by atoms with Crippen molar-refractivity contribution in [3.8, 4) is 0 Å². The molecule has 0 aromatic heterocycles. The molecule has 1 N–H and O–H groups in total. The van der Waals surface area contributed by atoms with Crippen molar-refractivity contribution in [2.24, 2.45) is 0 Å². The lowest BCUT2D eigenvalue weighted by molar-refractivity contribution is -0.153. The monoisotopic (exact) mass is 249 g/mol. The smallest absolute Gasteiger partial charge is 0.333 e. The normalized spacial score (nSPS) is 22.3. The first-order valence-electron chi connectivity index (χ1n) is 6.24. The van der Waals surface area contributed by atoms with Crippen LogP contribution in [-0.2, 0) is 26.4 Å². The zero-order chi connectivity index (χ0) is 13.0. The molecule has 0 aliphatic carbocycles. The topological polar surface area (TPSA) is 47.6 Å². The number of esters is 1. The summed E-state index contributed by atoms with van der Waals surface area (Å²) in [4.78, 5) is 12.2. The van der Waals surface area contributed by atoms with E-state index in [1.807, 2.05) is 24.3 Å². The molecule has 1 unspecified atom stereocenters. The van der Waals surface area contributed by atoms with E-state index in [0.717, 1.165) is 24.1 Å². The fraction of sp³-hybridized carbons (Fsp3) is 0.500. The molecule has 4 heteroatoms. The van der Waals surface area contributed by atoms with Crippen LogP contribution in [0.15, 0.2) is 24.3 Å². The molecule has 0 saturated heterocycles. The van der Waals surface area contributed by atoms with Crippen LogP contribution in [0.3, 0.4) is 0 Å². The summed E-state index contributed by atoms with van der Waals surface area (Å²) in [6.07, 6.45) is 0.945. The zero-order valence-electron chi connectivity index (χ0n) is 10.9. The van der Waals surface area contributed by atoms with Crippen molar-refractivity contribution < 1.29 is 14.3 Å². The SMILES string of the molecule is CCCNC1(C(=O)OC)COCc2ccccc21. The molecule has 0 spiro atoms. The van der Waals surface area contributed by atoms with Crippen molar-refractivity contribution >= 4 is 5.97 Å². The third kappa shape index (κ3) is 2.13. The molecule has 1 heterocycles. The molecule has 0 bridgehead atoms. The number of ether oxygens (including phenoxy) is 2. The average Bonchev–Trinajstić information content (AvgIpc) is 2.44. The molecule has 2 rings (SSSR count). The maximum absolute atomic E-state index is 12.2. The number of carbonyl (C=O) groups is 1. The second kappa shape index (κ2) is 5.50. The largest absolute Gasteiger partial charge is 0.467 e. The van der Waals surface area contributed by atoms with Crippen molar-refractivity contribution in [3.05, 3.63) is 35.4 Å². The predicted octanol–water partition coefficient (Wildman–Crippen LogP) is 1.58. The summed E-state index contributed by atoms with van der Waals surface area (Å²) in [6.45, 7) is 3.67. The van der Waals surface area contributed by atoms with Crippen molar-refractivity contribution in [2.75, 3.05) is 20.3 Å². The first-order valence-corrected chi connectivity index (χ1v) is 6.24. The Bertz CT molecular complexity index is 433. The molecule has 1 aromatic rings. The van der Waals surface area contributed by atoms with Crippen LogP contribution in [0, 0.1) is 0 Å². The van der Waals surface area contributed by atoms with Gasteiger partial charge in [0.2, 0.25) is 0 Å². The third-order valence-electron chi connectivity index (χ3n) is 3.26. The molecule has 1 aromatic carbocycles. The Morgan fingerprint density at radius 2 is 2.28 bits per heavy atom. The van der Waals surface area contributed by atoms with E-state index in [9.17, 15) is 4.79 Å². The van der Waals surface area contributed by atoms with Gasteiger partial charge in [-0.25, -0.2) is 4.79 Å². The summed E-state index contributed by atoms with van der Waals surface area (Å²) in [5.74, 6) is -0.289. The fourth-order valence-electron chi connectivity index (χ4n) is 2.35. The predicted molar refractivity (Wildman–Crippen MR) is 68.1 cm³/mol. The second-order valence-corrected chi connectivity index (χ2v) is 4.47. The molecule has 0 fully saturated rings. The number of fused-ring (bicyclic) bond motifs is 1. The molecule has 1 aliphatic heterocycles. The van der Waals surface area contributed by atoms with Gasteiger partial charge in [-0.05, 0) is 24.1 Å². The van der Waals surface area contributed by atoms with Gasteiger partial charge >= 0.3 is 5.97 Å². The van der Waals surface area contributed by atoms with Crippen LogP contribution in [-0.4, -0.2) is 26.2 Å². The minimum absolute atomic E-state index is 0.289. The summed E-state index contributed by atoms with van der Waals surface area (Å²) in [5.41, 5.74) is 1.15. The van der Waals surface area contributed by atoms with Crippen LogP contribution in [0.4, 0.5) is 0 Å². The number of hydrogen-bond acceptors (Lipinski definition) is 4. The number of hydrogen-bond donors (Lipinski definition) is 1. The van der Waals surface area contributed by atoms with Gasteiger partial charge in [-0.15, -0.1) is 0 Å². The maximum Gasteiger partial charge on any atom is 0.333 e. The van der Waals surface area contributed by atoms with E-state index in [0.29, 0.717) is 13.2 Å². The number of nitrogens with one attached hydrogen (secondary N) is 1. The van der Waals surface area contributed by atoms with E-state index in [-0.39, 0.29) is 5.97 Å². The highest BCUT2D eigenvalue weighted by Gasteiger charge is 2.44. The Hall–Kier alpha value is -1.39. The lowest BCUT2D eigenvalue weighted by Crippen LogP contribution is -2.55. The molecular formula is C14H19NO3. The molecule has 4 nitrogen and oxygen atoms in total. The van der Waals surface area contributed by atoms with Gasteiger partial charge in [-0.3, -0.25) is 5.32 Å². The number of methoxy groups -OCH3 is 1. The van der Waals surface area contributed by atoms with E-state index in [4.69, 9.17) is 9.47 Å². The molecule has 0 radical (unpaired) electrons. The van der Waals surface area contributed by atoms with Gasteiger partial charge in [0.25, 0.3) is 0 Å². The molecular weight excluding hydrogens is 230 g/mol. The first kappa shape index (κ1) is 13.1. The summed E-state index contributed by atoms with van der Waals surface area (Å²) < 4.78 is 10.5. The zero-order valence-corrected chi connectivity index (χ0v) is 10.9. The minimum Gasteiger partial charge on any atom is -0.467 e. The molecule has 18 heavy (non-hydrogen) atoms. The van der Waals surface area contributed by atoms with Gasteiger partial charge in [0.1, 0.15) is 0 Å².